The predicted molar refractivity (Wildman–Crippen MR) is 148 cm³/mol. The zero-order valence-corrected chi connectivity index (χ0v) is 22.9. The van der Waals surface area contributed by atoms with E-state index in [0.717, 1.165) is 5.56 Å². The van der Waals surface area contributed by atoms with Crippen LogP contribution >= 0.6 is 58.0 Å². The highest BCUT2D eigenvalue weighted by atomic mass is 35.5. The van der Waals surface area contributed by atoms with Gasteiger partial charge < -0.3 is 10.4 Å². The van der Waals surface area contributed by atoms with Crippen LogP contribution in [0.4, 0.5) is 0 Å². The highest BCUT2D eigenvalue weighted by Crippen LogP contribution is 2.33. The molecule has 0 aliphatic heterocycles. The second-order valence-corrected chi connectivity index (χ2v) is 10.3. The summed E-state index contributed by atoms with van der Waals surface area (Å²) in [6, 6.07) is 15.4. The topological polar surface area (TPSA) is 84.2 Å². The molecule has 190 valence electrons. The number of amides is 1. The second kappa shape index (κ2) is 11.3. The first-order valence-electron chi connectivity index (χ1n) is 10.8. The first kappa shape index (κ1) is 27.3. The molecule has 0 bridgehead atoms. The van der Waals surface area contributed by atoms with E-state index in [1.807, 2.05) is 0 Å². The van der Waals surface area contributed by atoms with Crippen molar-refractivity contribution in [2.24, 2.45) is 0 Å². The maximum Gasteiger partial charge on any atom is 0.326 e. The summed E-state index contributed by atoms with van der Waals surface area (Å²) in [6.45, 7) is 1.72. The lowest BCUT2D eigenvalue weighted by Crippen LogP contribution is -2.42. The smallest absolute Gasteiger partial charge is 0.326 e. The lowest BCUT2D eigenvalue weighted by Gasteiger charge is -2.15. The van der Waals surface area contributed by atoms with E-state index in [0.29, 0.717) is 47.6 Å². The fourth-order valence-electron chi connectivity index (χ4n) is 3.82. The third kappa shape index (κ3) is 6.06. The van der Waals surface area contributed by atoms with Gasteiger partial charge in [-0.25, -0.2) is 9.48 Å². The number of aliphatic carboxylic acids is 1. The molecule has 6 nitrogen and oxygen atoms in total. The fourth-order valence-corrected chi connectivity index (χ4v) is 4.92. The molecule has 0 aliphatic rings. The van der Waals surface area contributed by atoms with E-state index in [-0.39, 0.29) is 12.1 Å². The van der Waals surface area contributed by atoms with E-state index < -0.39 is 17.9 Å². The van der Waals surface area contributed by atoms with Crippen molar-refractivity contribution < 1.29 is 14.7 Å². The van der Waals surface area contributed by atoms with Gasteiger partial charge >= 0.3 is 5.97 Å². The van der Waals surface area contributed by atoms with Crippen molar-refractivity contribution in [1.29, 1.82) is 0 Å². The highest BCUT2D eigenvalue weighted by Gasteiger charge is 2.27. The molecule has 0 aliphatic carbocycles. The van der Waals surface area contributed by atoms with E-state index in [2.05, 4.69) is 10.4 Å². The molecule has 37 heavy (non-hydrogen) atoms. The van der Waals surface area contributed by atoms with Gasteiger partial charge in [-0.3, -0.25) is 4.79 Å². The zero-order valence-electron chi connectivity index (χ0n) is 19.1. The number of benzene rings is 3. The Morgan fingerprint density at radius 2 is 1.49 bits per heavy atom. The summed E-state index contributed by atoms with van der Waals surface area (Å²) < 4.78 is 1.53. The van der Waals surface area contributed by atoms with Crippen LogP contribution in [0.3, 0.4) is 0 Å². The molecule has 1 heterocycles. The largest absolute Gasteiger partial charge is 0.480 e. The Hall–Kier alpha value is -2.74. The van der Waals surface area contributed by atoms with Crippen molar-refractivity contribution in [3.05, 3.63) is 103 Å². The zero-order chi connectivity index (χ0) is 26.9. The third-order valence-electron chi connectivity index (χ3n) is 5.64. The van der Waals surface area contributed by atoms with E-state index in [1.165, 1.54) is 10.7 Å². The van der Waals surface area contributed by atoms with Gasteiger partial charge in [0.05, 0.1) is 16.4 Å². The molecule has 11 heteroatoms. The summed E-state index contributed by atoms with van der Waals surface area (Å²) in [5.41, 5.74) is 2.86. The SMILES string of the molecule is Cc1c(C(=O)N[C@@H](Cc2ccc(Cl)cc2Cl)C(=O)O)nn(-c2ccc(Cl)cc2Cl)c1-c1ccc(Cl)cc1. The van der Waals surface area contributed by atoms with Crippen LogP contribution in [0.15, 0.2) is 60.7 Å². The molecule has 1 atom stereocenters. The number of halogens is 5. The van der Waals surface area contributed by atoms with Crippen molar-refractivity contribution in [2.75, 3.05) is 0 Å². The van der Waals surface area contributed by atoms with Crippen LogP contribution in [0.25, 0.3) is 16.9 Å². The van der Waals surface area contributed by atoms with Gasteiger partial charge in [-0.05, 0) is 55.0 Å². The molecular weight excluding hydrogens is 580 g/mol. The van der Waals surface area contributed by atoms with E-state index >= 15 is 0 Å². The normalized spacial score (nSPS) is 11.8. The predicted octanol–water partition coefficient (Wildman–Crippen LogP) is 7.54. The Labute approximate surface area is 237 Å². The molecule has 1 amide bonds. The summed E-state index contributed by atoms with van der Waals surface area (Å²) >= 11 is 30.8. The summed E-state index contributed by atoms with van der Waals surface area (Å²) in [5, 5.41) is 18.9. The van der Waals surface area contributed by atoms with E-state index in [9.17, 15) is 14.7 Å². The highest BCUT2D eigenvalue weighted by molar-refractivity contribution is 6.36. The molecule has 0 saturated heterocycles. The molecule has 4 aromatic rings. The monoisotopic (exact) mass is 595 g/mol. The van der Waals surface area contributed by atoms with Gasteiger partial charge in [-0.1, -0.05) is 76.2 Å². The van der Waals surface area contributed by atoms with Crippen molar-refractivity contribution in [1.82, 2.24) is 15.1 Å². The molecule has 0 saturated carbocycles. The number of hydrogen-bond acceptors (Lipinski definition) is 3. The van der Waals surface area contributed by atoms with Crippen LogP contribution < -0.4 is 5.32 Å². The van der Waals surface area contributed by atoms with Crippen LogP contribution in [0.2, 0.25) is 25.1 Å². The maximum atomic E-state index is 13.4. The van der Waals surface area contributed by atoms with E-state index in [1.54, 1.807) is 61.5 Å². The quantitative estimate of drug-likeness (QED) is 0.231. The molecule has 1 aromatic heterocycles. The van der Waals surface area contributed by atoms with Crippen LogP contribution in [0.5, 0.6) is 0 Å². The Kier molecular flexibility index (Phi) is 8.36. The summed E-state index contributed by atoms with van der Waals surface area (Å²) in [4.78, 5) is 25.4. The number of nitrogens with one attached hydrogen (secondary N) is 1. The molecular formula is C26H18Cl5N3O3. The van der Waals surface area contributed by atoms with Crippen LogP contribution in [-0.2, 0) is 11.2 Å². The number of carbonyl (C=O) groups excluding carboxylic acids is 1. The van der Waals surface area contributed by atoms with Gasteiger partial charge in [-0.2, -0.15) is 5.10 Å². The third-order valence-corrected chi connectivity index (χ3v) is 7.01. The first-order chi connectivity index (χ1) is 17.5. The summed E-state index contributed by atoms with van der Waals surface area (Å²) in [6.07, 6.45) is -0.0517. The molecule has 0 unspecified atom stereocenters. The lowest BCUT2D eigenvalue weighted by molar-refractivity contribution is -0.139. The van der Waals surface area contributed by atoms with Crippen molar-refractivity contribution in [2.45, 2.75) is 19.4 Å². The van der Waals surface area contributed by atoms with Gasteiger partial charge in [0, 0.05) is 37.6 Å². The van der Waals surface area contributed by atoms with Gasteiger partial charge in [0.15, 0.2) is 5.69 Å². The van der Waals surface area contributed by atoms with Crippen LogP contribution in [0.1, 0.15) is 21.6 Å². The van der Waals surface area contributed by atoms with Crippen molar-refractivity contribution in [3.8, 4) is 16.9 Å². The van der Waals surface area contributed by atoms with Gasteiger partial charge in [0.2, 0.25) is 0 Å². The second-order valence-electron chi connectivity index (χ2n) is 8.14. The number of aromatic nitrogens is 2. The van der Waals surface area contributed by atoms with Crippen molar-refractivity contribution in [3.63, 3.8) is 0 Å². The van der Waals surface area contributed by atoms with Gasteiger partial charge in [0.1, 0.15) is 6.04 Å². The minimum absolute atomic E-state index is 0.0319. The van der Waals surface area contributed by atoms with Gasteiger partial charge in [0.25, 0.3) is 5.91 Å². The summed E-state index contributed by atoms with van der Waals surface area (Å²) in [7, 11) is 0. The molecule has 0 radical (unpaired) electrons. The number of carboxylic acids is 1. The van der Waals surface area contributed by atoms with Crippen molar-refractivity contribution >= 4 is 69.9 Å². The Morgan fingerprint density at radius 1 is 0.892 bits per heavy atom. The number of hydrogen-bond donors (Lipinski definition) is 2. The Bertz CT molecular complexity index is 1500. The van der Waals surface area contributed by atoms with Crippen LogP contribution in [-0.4, -0.2) is 32.8 Å². The number of carboxylic acid groups (broad SMARTS) is 1. The number of rotatable bonds is 7. The average Bonchev–Trinajstić information content (AvgIpc) is 3.17. The number of carbonyl (C=O) groups is 2. The van der Waals surface area contributed by atoms with E-state index in [4.69, 9.17) is 58.0 Å². The number of nitrogens with zero attached hydrogens (tertiary/aromatic N) is 2. The van der Waals surface area contributed by atoms with Gasteiger partial charge in [-0.15, -0.1) is 0 Å². The molecule has 3 aromatic carbocycles. The average molecular weight is 598 g/mol. The lowest BCUT2D eigenvalue weighted by atomic mass is 10.0. The van der Waals surface area contributed by atoms with Crippen LogP contribution in [0, 0.1) is 6.92 Å². The molecule has 4 rings (SSSR count). The first-order valence-corrected chi connectivity index (χ1v) is 12.7. The minimum atomic E-state index is -1.27. The maximum absolute atomic E-state index is 13.4. The molecule has 0 spiro atoms. The Balaban J connectivity index is 1.75. The Morgan fingerprint density at radius 3 is 2.08 bits per heavy atom. The molecule has 2 N–H and O–H groups in total. The standard InChI is InChI=1S/C26H18Cl5N3O3/c1-13-23(25(35)32-21(26(36)37)10-15-4-7-17(28)11-19(15)30)33-34(22-9-8-18(29)12-20(22)31)24(13)14-2-5-16(27)6-3-14/h2-9,11-12,21H,10H2,1H3,(H,32,35)(H,36,37)/t21-/m0/s1. The minimum Gasteiger partial charge on any atom is -0.480 e. The fraction of sp³-hybridized carbons (Fsp3) is 0.115. The molecule has 0 fully saturated rings. The summed E-state index contributed by atoms with van der Waals surface area (Å²) in [5.74, 6) is -1.90.